The number of likely N-dealkylation sites (N-methyl/N-ethyl adjacent to an activating group) is 1. The Kier molecular flexibility index (Phi) is 2.42. The second-order valence-electron chi connectivity index (χ2n) is 3.68. The maximum absolute atomic E-state index is 13.0. The Labute approximate surface area is 83.1 Å². The summed E-state index contributed by atoms with van der Waals surface area (Å²) >= 11 is 0. The zero-order valence-corrected chi connectivity index (χ0v) is 8.38. The Morgan fingerprint density at radius 3 is 3.07 bits per heavy atom. The fraction of sp³-hybridized carbons (Fsp3) is 0.455. The third-order valence-electron chi connectivity index (χ3n) is 2.85. The van der Waals surface area contributed by atoms with Gasteiger partial charge in [0.05, 0.1) is 6.61 Å². The quantitative estimate of drug-likeness (QED) is 0.778. The van der Waals surface area contributed by atoms with Crippen LogP contribution in [0, 0.1) is 5.82 Å². The maximum atomic E-state index is 13.0. The lowest BCUT2D eigenvalue weighted by molar-refractivity contribution is 0.308. The number of halogens is 1. The highest BCUT2D eigenvalue weighted by atomic mass is 19.1. The van der Waals surface area contributed by atoms with Crippen molar-refractivity contribution in [1.29, 1.82) is 0 Å². The van der Waals surface area contributed by atoms with Crippen LogP contribution in [0.25, 0.3) is 0 Å². The largest absolute Gasteiger partial charge is 0.493 e. The first-order chi connectivity index (χ1) is 6.72. The topological polar surface area (TPSA) is 21.3 Å². The average Bonchev–Trinajstić information content (AvgIpc) is 2.59. The van der Waals surface area contributed by atoms with Crippen LogP contribution in [-0.2, 0) is 0 Å². The summed E-state index contributed by atoms with van der Waals surface area (Å²) in [7, 11) is 1.90. The van der Waals surface area contributed by atoms with Crippen molar-refractivity contribution in [2.75, 3.05) is 13.7 Å². The molecule has 0 radical (unpaired) electrons. The smallest absolute Gasteiger partial charge is 0.123 e. The molecule has 14 heavy (non-hydrogen) atoms. The van der Waals surface area contributed by atoms with E-state index in [4.69, 9.17) is 4.74 Å². The molecule has 1 N–H and O–H groups in total. The van der Waals surface area contributed by atoms with Gasteiger partial charge in [-0.2, -0.15) is 0 Å². The van der Waals surface area contributed by atoms with E-state index in [1.54, 1.807) is 12.1 Å². The summed E-state index contributed by atoms with van der Waals surface area (Å²) < 4.78 is 18.5. The van der Waals surface area contributed by atoms with Gasteiger partial charge in [0.2, 0.25) is 0 Å². The number of hydrogen-bond donors (Lipinski definition) is 1. The first-order valence-corrected chi connectivity index (χ1v) is 4.82. The van der Waals surface area contributed by atoms with Crippen LogP contribution in [-0.4, -0.2) is 19.7 Å². The van der Waals surface area contributed by atoms with E-state index in [9.17, 15) is 4.39 Å². The lowest BCUT2D eigenvalue weighted by Crippen LogP contribution is -2.29. The molecule has 1 heterocycles. The van der Waals surface area contributed by atoms with Crippen molar-refractivity contribution in [3.63, 3.8) is 0 Å². The van der Waals surface area contributed by atoms with E-state index < -0.39 is 0 Å². The Hall–Kier alpha value is -1.09. The van der Waals surface area contributed by atoms with Crippen molar-refractivity contribution >= 4 is 0 Å². The van der Waals surface area contributed by atoms with E-state index in [0.717, 1.165) is 11.3 Å². The molecule has 2 nitrogen and oxygen atoms in total. The fourth-order valence-corrected chi connectivity index (χ4v) is 1.82. The molecule has 1 aromatic carbocycles. The molecule has 0 amide bonds. The molecule has 1 aliphatic heterocycles. The molecule has 2 unspecified atom stereocenters. The van der Waals surface area contributed by atoms with Crippen molar-refractivity contribution < 1.29 is 9.13 Å². The minimum absolute atomic E-state index is 0.192. The molecule has 0 bridgehead atoms. The molecule has 3 heteroatoms. The van der Waals surface area contributed by atoms with Crippen LogP contribution in [0.5, 0.6) is 5.75 Å². The van der Waals surface area contributed by atoms with Crippen LogP contribution in [0.4, 0.5) is 4.39 Å². The monoisotopic (exact) mass is 195 g/mol. The Morgan fingerprint density at radius 1 is 1.57 bits per heavy atom. The summed E-state index contributed by atoms with van der Waals surface area (Å²) in [6.07, 6.45) is 0. The summed E-state index contributed by atoms with van der Waals surface area (Å²) in [6, 6.07) is 5.01. The van der Waals surface area contributed by atoms with Gasteiger partial charge in [-0.3, -0.25) is 0 Å². The highest BCUT2D eigenvalue weighted by Crippen LogP contribution is 2.35. The summed E-state index contributed by atoms with van der Waals surface area (Å²) in [5.74, 6) is 0.881. The maximum Gasteiger partial charge on any atom is 0.123 e. The molecule has 0 saturated carbocycles. The normalized spacial score (nSPS) is 21.5. The third-order valence-corrected chi connectivity index (χ3v) is 2.85. The SMILES string of the molecule is CNC(C)C1COc2ccc(F)cc21. The number of benzene rings is 1. The highest BCUT2D eigenvalue weighted by Gasteiger charge is 2.28. The van der Waals surface area contributed by atoms with Crippen molar-refractivity contribution in [3.05, 3.63) is 29.6 Å². The number of hydrogen-bond acceptors (Lipinski definition) is 2. The molecule has 76 valence electrons. The minimum Gasteiger partial charge on any atom is -0.493 e. The molecule has 2 atom stereocenters. The van der Waals surface area contributed by atoms with Gasteiger partial charge in [0.1, 0.15) is 11.6 Å². The van der Waals surface area contributed by atoms with Crippen LogP contribution >= 0.6 is 0 Å². The molecule has 2 rings (SSSR count). The molecule has 0 aromatic heterocycles. The van der Waals surface area contributed by atoms with Crippen LogP contribution in [0.1, 0.15) is 18.4 Å². The van der Waals surface area contributed by atoms with Gasteiger partial charge in [-0.1, -0.05) is 0 Å². The van der Waals surface area contributed by atoms with Crippen LogP contribution in [0.3, 0.4) is 0 Å². The highest BCUT2D eigenvalue weighted by molar-refractivity contribution is 5.40. The lowest BCUT2D eigenvalue weighted by Gasteiger charge is -2.16. The van der Waals surface area contributed by atoms with E-state index >= 15 is 0 Å². The number of rotatable bonds is 2. The van der Waals surface area contributed by atoms with Gasteiger partial charge in [-0.05, 0) is 32.2 Å². The zero-order valence-electron chi connectivity index (χ0n) is 8.38. The molecular formula is C11H14FNO. The molecule has 0 aliphatic carbocycles. The molecule has 1 aliphatic rings. The van der Waals surface area contributed by atoms with Gasteiger partial charge < -0.3 is 10.1 Å². The van der Waals surface area contributed by atoms with Crippen molar-refractivity contribution in [2.24, 2.45) is 0 Å². The van der Waals surface area contributed by atoms with Gasteiger partial charge in [-0.15, -0.1) is 0 Å². The van der Waals surface area contributed by atoms with Crippen LogP contribution in [0.15, 0.2) is 18.2 Å². The number of fused-ring (bicyclic) bond motifs is 1. The van der Waals surface area contributed by atoms with E-state index in [-0.39, 0.29) is 11.7 Å². The van der Waals surface area contributed by atoms with Crippen LogP contribution in [0.2, 0.25) is 0 Å². The molecule has 0 fully saturated rings. The Morgan fingerprint density at radius 2 is 2.36 bits per heavy atom. The average molecular weight is 195 g/mol. The first-order valence-electron chi connectivity index (χ1n) is 4.82. The lowest BCUT2D eigenvalue weighted by atomic mass is 9.94. The predicted molar refractivity (Wildman–Crippen MR) is 53.2 cm³/mol. The summed E-state index contributed by atoms with van der Waals surface area (Å²) in [5.41, 5.74) is 0.979. The summed E-state index contributed by atoms with van der Waals surface area (Å²) in [5, 5.41) is 3.16. The van der Waals surface area contributed by atoms with E-state index in [0.29, 0.717) is 12.6 Å². The number of ether oxygens (including phenoxy) is 1. The summed E-state index contributed by atoms with van der Waals surface area (Å²) in [6.45, 7) is 2.72. The van der Waals surface area contributed by atoms with Gasteiger partial charge in [-0.25, -0.2) is 4.39 Å². The molecule has 0 spiro atoms. The third kappa shape index (κ3) is 1.48. The first kappa shape index (κ1) is 9.46. The van der Waals surface area contributed by atoms with Gasteiger partial charge in [0.25, 0.3) is 0 Å². The standard InChI is InChI=1S/C11H14FNO/c1-7(13-2)10-6-14-11-4-3-8(12)5-9(10)11/h3-5,7,10,13H,6H2,1-2H3. The second-order valence-corrected chi connectivity index (χ2v) is 3.68. The van der Waals surface area contributed by atoms with E-state index in [1.807, 2.05) is 7.05 Å². The second kappa shape index (κ2) is 3.58. The van der Waals surface area contributed by atoms with Crippen LogP contribution < -0.4 is 10.1 Å². The zero-order chi connectivity index (χ0) is 10.1. The Bertz CT molecular complexity index is 340. The molecule has 1 aromatic rings. The number of nitrogens with one attached hydrogen (secondary N) is 1. The van der Waals surface area contributed by atoms with Gasteiger partial charge in [0.15, 0.2) is 0 Å². The van der Waals surface area contributed by atoms with Crippen molar-refractivity contribution in [1.82, 2.24) is 5.32 Å². The fourth-order valence-electron chi connectivity index (χ4n) is 1.82. The minimum atomic E-state index is -0.192. The van der Waals surface area contributed by atoms with Crippen molar-refractivity contribution in [3.8, 4) is 5.75 Å². The Balaban J connectivity index is 2.33. The molecular weight excluding hydrogens is 181 g/mol. The molecule has 0 saturated heterocycles. The van der Waals surface area contributed by atoms with E-state index in [1.165, 1.54) is 6.07 Å². The van der Waals surface area contributed by atoms with Crippen molar-refractivity contribution in [2.45, 2.75) is 18.9 Å². The van der Waals surface area contributed by atoms with Gasteiger partial charge >= 0.3 is 0 Å². The van der Waals surface area contributed by atoms with Gasteiger partial charge in [0, 0.05) is 17.5 Å². The predicted octanol–water partition coefficient (Wildman–Crippen LogP) is 1.91. The van der Waals surface area contributed by atoms with E-state index in [2.05, 4.69) is 12.2 Å². The summed E-state index contributed by atoms with van der Waals surface area (Å²) in [4.78, 5) is 0.